The standard InChI is InChI=1S/C2H5BPS/c1-2-4(3)5/h2H2,1H3. The van der Waals surface area contributed by atoms with Crippen LogP contribution in [-0.2, 0) is 12.2 Å². The van der Waals surface area contributed by atoms with E-state index in [-0.39, 0.29) is 0 Å². The van der Waals surface area contributed by atoms with Gasteiger partial charge in [-0.25, -0.2) is 0 Å². The van der Waals surface area contributed by atoms with Crippen LogP contribution in [0.4, 0.5) is 0 Å². The summed E-state index contributed by atoms with van der Waals surface area (Å²) in [5.41, 5.74) is 0. The fourth-order valence-electron chi connectivity index (χ4n) is 0. The molecule has 0 amide bonds. The molecule has 0 aromatic carbocycles. The molecule has 0 aromatic heterocycles. The Morgan fingerprint density at radius 3 is 2.20 bits per heavy atom. The third-order valence-corrected chi connectivity index (χ3v) is 1.71. The van der Waals surface area contributed by atoms with Gasteiger partial charge in [0.05, 0.1) is 0 Å². The van der Waals surface area contributed by atoms with Crippen molar-refractivity contribution in [2.75, 3.05) is 6.16 Å². The van der Waals surface area contributed by atoms with Crippen molar-refractivity contribution in [3.8, 4) is 0 Å². The second-order valence-corrected chi connectivity index (χ2v) is 3.61. The van der Waals surface area contributed by atoms with Gasteiger partial charge in [0.2, 0.25) is 0 Å². The Bertz CT molecular complexity index is 44.9. The van der Waals surface area contributed by atoms with Crippen LogP contribution in [0.25, 0.3) is 0 Å². The van der Waals surface area contributed by atoms with Crippen molar-refractivity contribution in [1.82, 2.24) is 0 Å². The maximum atomic E-state index is 5.17. The minimum atomic E-state index is -0.515. The molecular formula is C2H5BPS. The zero-order chi connectivity index (χ0) is 4.28. The van der Waals surface area contributed by atoms with E-state index in [2.05, 4.69) is 12.2 Å². The predicted molar refractivity (Wildman–Crippen MR) is 30.6 cm³/mol. The maximum absolute atomic E-state index is 5.17. The zero-order valence-electron chi connectivity index (χ0n) is 3.14. The zero-order valence-corrected chi connectivity index (χ0v) is 4.85. The topological polar surface area (TPSA) is 0 Å². The molecule has 0 saturated heterocycles. The van der Waals surface area contributed by atoms with E-state index < -0.39 is 6.61 Å². The van der Waals surface area contributed by atoms with Gasteiger partial charge in [-0.3, -0.25) is 0 Å². The summed E-state index contributed by atoms with van der Waals surface area (Å²) in [6, 6.07) is 0. The SMILES string of the molecule is [B]=[P+]([S-])CC. The summed E-state index contributed by atoms with van der Waals surface area (Å²) in [6.07, 6.45) is 0.963. The molecule has 0 spiro atoms. The molecule has 27 valence electrons. The van der Waals surface area contributed by atoms with Gasteiger partial charge in [0, 0.05) is 0 Å². The Hall–Kier alpha value is 0.715. The summed E-state index contributed by atoms with van der Waals surface area (Å²) in [4.78, 5) is 0. The van der Waals surface area contributed by atoms with Gasteiger partial charge in [-0.15, -0.1) is 0 Å². The summed E-state index contributed by atoms with van der Waals surface area (Å²) in [5.74, 6) is 0. The molecule has 0 N–H and O–H groups in total. The summed E-state index contributed by atoms with van der Waals surface area (Å²) in [6.45, 7) is 1.48. The van der Waals surface area contributed by atoms with Gasteiger partial charge >= 0.3 is 39.1 Å². The van der Waals surface area contributed by atoms with Crippen LogP contribution in [0.5, 0.6) is 0 Å². The van der Waals surface area contributed by atoms with Gasteiger partial charge in [-0.2, -0.15) is 0 Å². The summed E-state index contributed by atoms with van der Waals surface area (Å²) in [7, 11) is 5.17. The van der Waals surface area contributed by atoms with E-state index in [1.165, 1.54) is 0 Å². The predicted octanol–water partition coefficient (Wildman–Crippen LogP) is 1.03. The third kappa shape index (κ3) is 4.71. The fourth-order valence-corrected chi connectivity index (χ4v) is 0. The van der Waals surface area contributed by atoms with Crippen LogP contribution in [0.3, 0.4) is 0 Å². The van der Waals surface area contributed by atoms with E-state index >= 15 is 0 Å². The molecule has 0 aromatic rings. The van der Waals surface area contributed by atoms with E-state index in [9.17, 15) is 0 Å². The van der Waals surface area contributed by atoms with Crippen molar-refractivity contribution >= 4 is 26.0 Å². The van der Waals surface area contributed by atoms with E-state index in [4.69, 9.17) is 7.18 Å². The monoisotopic (exact) mass is 103 g/mol. The van der Waals surface area contributed by atoms with Gasteiger partial charge in [0.1, 0.15) is 0 Å². The van der Waals surface area contributed by atoms with E-state index in [1.807, 2.05) is 6.92 Å². The first-order valence-electron chi connectivity index (χ1n) is 1.46. The molecule has 1 radical (unpaired) electrons. The van der Waals surface area contributed by atoms with Crippen molar-refractivity contribution in [3.63, 3.8) is 0 Å². The summed E-state index contributed by atoms with van der Waals surface area (Å²) in [5, 5.41) is 0. The van der Waals surface area contributed by atoms with Crippen LogP contribution in [0.1, 0.15) is 6.92 Å². The van der Waals surface area contributed by atoms with Gasteiger partial charge in [-0.05, 0) is 0 Å². The first kappa shape index (κ1) is 5.71. The van der Waals surface area contributed by atoms with Crippen molar-refractivity contribution in [2.24, 2.45) is 0 Å². The Morgan fingerprint density at radius 2 is 2.20 bits per heavy atom. The second kappa shape index (κ2) is 2.93. The Balaban J connectivity index is 2.85. The van der Waals surface area contributed by atoms with Crippen LogP contribution in [0.2, 0.25) is 0 Å². The van der Waals surface area contributed by atoms with Crippen LogP contribution < -0.4 is 0 Å². The molecule has 0 nitrogen and oxygen atoms in total. The molecule has 1 unspecified atom stereocenters. The molecule has 5 heavy (non-hydrogen) atoms. The van der Waals surface area contributed by atoms with E-state index in [0.717, 1.165) is 6.16 Å². The van der Waals surface area contributed by atoms with Crippen molar-refractivity contribution in [2.45, 2.75) is 6.92 Å². The Morgan fingerprint density at radius 1 is 2.00 bits per heavy atom. The van der Waals surface area contributed by atoms with E-state index in [0.29, 0.717) is 0 Å². The quantitative estimate of drug-likeness (QED) is 0.271. The first-order chi connectivity index (χ1) is 2.27. The number of rotatable bonds is 1. The summed E-state index contributed by atoms with van der Waals surface area (Å²) >= 11 is 4.62. The third-order valence-electron chi connectivity index (χ3n) is 0.312. The molecule has 0 aliphatic carbocycles. The second-order valence-electron chi connectivity index (χ2n) is 0.733. The van der Waals surface area contributed by atoms with Crippen molar-refractivity contribution in [1.29, 1.82) is 0 Å². The Labute approximate surface area is 39.8 Å². The number of hydrogen-bond acceptors (Lipinski definition) is 1. The van der Waals surface area contributed by atoms with Crippen LogP contribution in [0.15, 0.2) is 0 Å². The fraction of sp³-hybridized carbons (Fsp3) is 1.00. The average molecular weight is 103 g/mol. The molecule has 0 saturated carbocycles. The minimum absolute atomic E-state index is 0.515. The normalized spacial score (nSPS) is 11.0. The van der Waals surface area contributed by atoms with Crippen LogP contribution >= 0.6 is 6.61 Å². The molecule has 0 fully saturated rings. The number of hydrogen-bond donors (Lipinski definition) is 0. The molecule has 0 aliphatic rings. The molecule has 1 atom stereocenters. The van der Waals surface area contributed by atoms with Gasteiger partial charge < -0.3 is 0 Å². The van der Waals surface area contributed by atoms with E-state index in [1.54, 1.807) is 0 Å². The first-order valence-corrected chi connectivity index (χ1v) is 4.07. The molecule has 3 heteroatoms. The molecule has 0 heterocycles. The summed E-state index contributed by atoms with van der Waals surface area (Å²) < 4.78 is 0. The molecule has 0 bridgehead atoms. The van der Waals surface area contributed by atoms with Crippen molar-refractivity contribution in [3.05, 3.63) is 0 Å². The average Bonchev–Trinajstić information content (AvgIpc) is 1.38. The Kier molecular flexibility index (Phi) is 3.35. The molecule has 0 aliphatic heterocycles. The molecular weight excluding hydrogens is 97.9 g/mol. The van der Waals surface area contributed by atoms with Gasteiger partial charge in [-0.1, -0.05) is 0 Å². The van der Waals surface area contributed by atoms with Crippen LogP contribution in [0, 0.1) is 0 Å². The van der Waals surface area contributed by atoms with Crippen LogP contribution in [-0.4, -0.2) is 13.3 Å². The van der Waals surface area contributed by atoms with Crippen molar-refractivity contribution < 1.29 is 0 Å². The molecule has 0 rings (SSSR count). The van der Waals surface area contributed by atoms with Gasteiger partial charge in [0.25, 0.3) is 0 Å². The van der Waals surface area contributed by atoms with Gasteiger partial charge in [0.15, 0.2) is 0 Å².